The SMILES string of the molecule is Fc1cc(F)[c]([Tl]([c]2c(F)cc(F)cc2F)[c]2c(F)cc(F)cc2F)c(F)c1. The van der Waals surface area contributed by atoms with Crippen LogP contribution < -0.4 is 9.37 Å². The van der Waals surface area contributed by atoms with Crippen molar-refractivity contribution < 1.29 is 39.5 Å². The molecule has 3 aromatic rings. The van der Waals surface area contributed by atoms with Crippen LogP contribution in [0.3, 0.4) is 0 Å². The van der Waals surface area contributed by atoms with Gasteiger partial charge in [-0.15, -0.1) is 0 Å². The topological polar surface area (TPSA) is 0 Å². The molecule has 0 saturated carbocycles. The summed E-state index contributed by atoms with van der Waals surface area (Å²) in [5.74, 6) is -13.8. The zero-order valence-electron chi connectivity index (χ0n) is 13.4. The molecule has 0 fully saturated rings. The van der Waals surface area contributed by atoms with E-state index in [1.807, 2.05) is 0 Å². The normalized spacial score (nSPS) is 11.0. The van der Waals surface area contributed by atoms with E-state index in [2.05, 4.69) is 0 Å². The number of hydrogen-bond acceptors (Lipinski definition) is 0. The van der Waals surface area contributed by atoms with Crippen LogP contribution in [0.2, 0.25) is 0 Å². The molecule has 3 aromatic carbocycles. The first-order valence-corrected chi connectivity index (χ1v) is 14.3. The number of benzene rings is 3. The monoisotopic (exact) mass is 598 g/mol. The average molecular weight is 598 g/mol. The Morgan fingerprint density at radius 1 is 0.357 bits per heavy atom. The van der Waals surface area contributed by atoms with E-state index in [-0.39, 0.29) is 36.4 Å². The van der Waals surface area contributed by atoms with Crippen molar-refractivity contribution in [3.8, 4) is 0 Å². The molecule has 0 aromatic heterocycles. The van der Waals surface area contributed by atoms with Crippen LogP contribution in [0.4, 0.5) is 39.5 Å². The van der Waals surface area contributed by atoms with Crippen molar-refractivity contribution in [2.45, 2.75) is 0 Å². The van der Waals surface area contributed by atoms with Gasteiger partial charge in [0, 0.05) is 0 Å². The summed E-state index contributed by atoms with van der Waals surface area (Å²) < 4.78 is 123. The summed E-state index contributed by atoms with van der Waals surface area (Å²) in [7, 11) is 0. The molecule has 0 amide bonds. The molecule has 0 spiro atoms. The molecule has 3 rings (SSSR count). The zero-order valence-corrected chi connectivity index (χ0v) is 17.9. The maximum absolute atomic E-state index is 14.4. The summed E-state index contributed by atoms with van der Waals surface area (Å²) in [5, 5.41) is 0. The Balaban J connectivity index is 2.45. The molecule has 0 nitrogen and oxygen atoms in total. The van der Waals surface area contributed by atoms with Gasteiger partial charge in [0.2, 0.25) is 0 Å². The quantitative estimate of drug-likeness (QED) is 0.321. The molecular weight excluding hydrogens is 592 g/mol. The summed E-state index contributed by atoms with van der Waals surface area (Å²) in [5.41, 5.74) is 0. The molecule has 28 heavy (non-hydrogen) atoms. The third kappa shape index (κ3) is 3.76. The molecule has 10 heteroatoms. The molecule has 144 valence electrons. The van der Waals surface area contributed by atoms with Crippen LogP contribution in [0.15, 0.2) is 36.4 Å². The van der Waals surface area contributed by atoms with Crippen LogP contribution >= 0.6 is 0 Å². The first-order chi connectivity index (χ1) is 13.1. The third-order valence-electron chi connectivity index (χ3n) is 4.00. The molecule has 0 heterocycles. The zero-order chi connectivity index (χ0) is 20.7. The van der Waals surface area contributed by atoms with Crippen molar-refractivity contribution in [1.29, 1.82) is 0 Å². The summed E-state index contributed by atoms with van der Waals surface area (Å²) >= 11 is -5.48. The number of hydrogen-bond donors (Lipinski definition) is 0. The van der Waals surface area contributed by atoms with Crippen molar-refractivity contribution >= 4 is 32.1 Å². The van der Waals surface area contributed by atoms with Gasteiger partial charge in [0.1, 0.15) is 0 Å². The summed E-state index contributed by atoms with van der Waals surface area (Å²) in [6.45, 7) is 0. The van der Waals surface area contributed by atoms with Crippen LogP contribution in [-0.2, 0) is 0 Å². The second-order valence-corrected chi connectivity index (χ2v) is 15.9. The molecule has 0 radical (unpaired) electrons. The van der Waals surface area contributed by atoms with E-state index in [0.29, 0.717) is 0 Å². The van der Waals surface area contributed by atoms with Crippen molar-refractivity contribution in [2.75, 3.05) is 0 Å². The van der Waals surface area contributed by atoms with Crippen LogP contribution in [-0.4, -0.2) is 22.7 Å². The molecule has 0 aliphatic heterocycles. The van der Waals surface area contributed by atoms with E-state index >= 15 is 0 Å². The van der Waals surface area contributed by atoms with Crippen molar-refractivity contribution in [2.24, 2.45) is 0 Å². The van der Waals surface area contributed by atoms with Crippen molar-refractivity contribution in [3.05, 3.63) is 88.8 Å². The van der Waals surface area contributed by atoms with Crippen LogP contribution in [0.5, 0.6) is 0 Å². The average Bonchev–Trinajstić information content (AvgIpc) is 2.51. The first-order valence-electron chi connectivity index (χ1n) is 7.53. The second kappa shape index (κ2) is 7.76. The fourth-order valence-corrected chi connectivity index (χ4v) is 14.7. The van der Waals surface area contributed by atoms with Gasteiger partial charge >= 0.3 is 160 Å². The Bertz CT molecular complexity index is 875. The van der Waals surface area contributed by atoms with Gasteiger partial charge in [-0.05, 0) is 0 Å². The molecule has 0 atom stereocenters. The van der Waals surface area contributed by atoms with Gasteiger partial charge in [-0.1, -0.05) is 0 Å². The maximum atomic E-state index is 14.4. The van der Waals surface area contributed by atoms with Gasteiger partial charge in [0.15, 0.2) is 0 Å². The molecule has 0 aliphatic carbocycles. The van der Waals surface area contributed by atoms with E-state index in [9.17, 15) is 39.5 Å². The Hall–Kier alpha value is -2.05. The van der Waals surface area contributed by atoms with Gasteiger partial charge in [0.05, 0.1) is 0 Å². The van der Waals surface area contributed by atoms with Crippen LogP contribution in [0, 0.1) is 52.4 Å². The van der Waals surface area contributed by atoms with Gasteiger partial charge in [-0.2, -0.15) is 0 Å². The second-order valence-electron chi connectivity index (χ2n) is 5.78. The predicted molar refractivity (Wildman–Crippen MR) is 83.6 cm³/mol. The Morgan fingerprint density at radius 3 is 0.714 bits per heavy atom. The fraction of sp³-hybridized carbons (Fsp3) is 0. The van der Waals surface area contributed by atoms with Crippen LogP contribution in [0.25, 0.3) is 0 Å². The van der Waals surface area contributed by atoms with E-state index in [0.717, 1.165) is 0 Å². The van der Waals surface area contributed by atoms with E-state index in [4.69, 9.17) is 0 Å². The molecular formula is C18H6F9Tl. The standard InChI is InChI=1S/3C6H2F3.Tl/c3*7-4-1-5(8)3-6(9)2-4;/h3*1-2H;. The molecule has 0 bridgehead atoms. The Kier molecular flexibility index (Phi) is 5.73. The fourth-order valence-electron chi connectivity index (χ4n) is 2.92. The van der Waals surface area contributed by atoms with Crippen molar-refractivity contribution in [1.82, 2.24) is 0 Å². The van der Waals surface area contributed by atoms with Gasteiger partial charge < -0.3 is 0 Å². The number of halogens is 9. The summed E-state index contributed by atoms with van der Waals surface area (Å²) in [4.78, 5) is 0. The Morgan fingerprint density at radius 2 is 0.536 bits per heavy atom. The molecule has 0 aliphatic rings. The van der Waals surface area contributed by atoms with Crippen LogP contribution in [0.1, 0.15) is 0 Å². The Labute approximate surface area is 160 Å². The summed E-state index contributed by atoms with van der Waals surface area (Å²) in [6.07, 6.45) is 0. The number of rotatable bonds is 3. The summed E-state index contributed by atoms with van der Waals surface area (Å²) in [6, 6.07) is 1.11. The first kappa shape index (κ1) is 20.7. The molecule has 0 unspecified atom stereocenters. The molecule has 0 N–H and O–H groups in total. The van der Waals surface area contributed by atoms with Gasteiger partial charge in [0.25, 0.3) is 0 Å². The van der Waals surface area contributed by atoms with E-state index < -0.39 is 84.4 Å². The minimum atomic E-state index is -5.48. The van der Waals surface area contributed by atoms with E-state index in [1.54, 1.807) is 0 Å². The molecule has 0 saturated heterocycles. The minimum absolute atomic E-state index is 0.185. The third-order valence-corrected chi connectivity index (χ3v) is 17.2. The van der Waals surface area contributed by atoms with Gasteiger partial charge in [-0.25, -0.2) is 0 Å². The van der Waals surface area contributed by atoms with Gasteiger partial charge in [-0.3, -0.25) is 0 Å². The predicted octanol–water partition coefficient (Wildman–Crippen LogP) is 3.45. The van der Waals surface area contributed by atoms with Crippen molar-refractivity contribution in [3.63, 3.8) is 0 Å². The van der Waals surface area contributed by atoms with E-state index in [1.165, 1.54) is 0 Å².